The fourth-order valence-corrected chi connectivity index (χ4v) is 2.35. The first kappa shape index (κ1) is 25.3. The van der Waals surface area contributed by atoms with Crippen molar-refractivity contribution in [2.45, 2.75) is 50.6 Å². The normalized spacial score (nSPS) is 12.5. The Labute approximate surface area is 164 Å². The molecule has 12 nitrogen and oxygen atoms in total. The van der Waals surface area contributed by atoms with Crippen LogP contribution in [-0.2, 0) is 14.4 Å². The van der Waals surface area contributed by atoms with Crippen molar-refractivity contribution in [1.29, 1.82) is 0 Å². The minimum atomic E-state index is -0.900. The highest BCUT2D eigenvalue weighted by atomic mass is 16.2. The lowest BCUT2D eigenvalue weighted by atomic mass is 10.1. The maximum Gasteiger partial charge on any atom is 0.246 e. The Balaban J connectivity index is 4.84. The van der Waals surface area contributed by atoms with Gasteiger partial charge in [0, 0.05) is 26.1 Å². The summed E-state index contributed by atoms with van der Waals surface area (Å²) in [6.45, 7) is 0.721. The van der Waals surface area contributed by atoms with Crippen molar-refractivity contribution >= 4 is 30.0 Å². The molecule has 12 N–H and O–H groups in total. The molecule has 0 spiro atoms. The minimum absolute atomic E-state index is 0.0442. The lowest BCUT2D eigenvalue weighted by molar-refractivity contribution is -0.147. The first-order valence-corrected chi connectivity index (χ1v) is 9.11. The second-order valence-electron chi connectivity index (χ2n) is 6.25. The maximum atomic E-state index is 12.6. The number of carbonyl (C=O) groups is 3. The number of imide groups is 1. The van der Waals surface area contributed by atoms with E-state index in [4.69, 9.17) is 34.4 Å². The van der Waals surface area contributed by atoms with Gasteiger partial charge in [-0.25, -0.2) is 0 Å². The molecule has 160 valence electrons. The van der Waals surface area contributed by atoms with E-state index in [2.05, 4.69) is 9.98 Å². The summed E-state index contributed by atoms with van der Waals surface area (Å²) in [6.07, 6.45) is 2.83. The Bertz CT molecular complexity index is 516. The molecular formula is C16H33N9O3. The van der Waals surface area contributed by atoms with Crippen LogP contribution in [0.2, 0.25) is 0 Å². The van der Waals surface area contributed by atoms with Crippen LogP contribution >= 0.6 is 0 Å². The predicted molar refractivity (Wildman–Crippen MR) is 108 cm³/mol. The van der Waals surface area contributed by atoms with Crippen molar-refractivity contribution < 1.29 is 14.4 Å². The molecule has 0 aliphatic heterocycles. The van der Waals surface area contributed by atoms with Gasteiger partial charge in [0.1, 0.15) is 6.29 Å². The van der Waals surface area contributed by atoms with Crippen LogP contribution in [0.5, 0.6) is 0 Å². The number of hydrogen-bond donors (Lipinski definition) is 6. The molecule has 2 atom stereocenters. The molecule has 0 unspecified atom stereocenters. The van der Waals surface area contributed by atoms with Gasteiger partial charge in [0.25, 0.3) is 0 Å². The molecule has 28 heavy (non-hydrogen) atoms. The quantitative estimate of drug-likeness (QED) is 0.0758. The number of rotatable bonds is 14. The molecule has 2 amide bonds. The number of unbranched alkanes of at least 4 members (excludes halogenated alkanes) is 1. The van der Waals surface area contributed by atoms with E-state index in [9.17, 15) is 14.4 Å². The van der Waals surface area contributed by atoms with Gasteiger partial charge in [-0.2, -0.15) is 0 Å². The van der Waals surface area contributed by atoms with Crippen molar-refractivity contribution in [3.63, 3.8) is 0 Å². The molecule has 0 aromatic heterocycles. The molecule has 0 heterocycles. The number of hydrogen-bond acceptors (Lipinski definition) is 7. The standard InChI is InChI=1S/C16H33N9O3/c17-11(5-3-7-23-15(19)20)13(27)25(9-1-2-10-26)14(28)12(18)6-4-8-24-16(21)22/h10-12H,1-9,17-18H2,(H4,19,20,23)(H4,21,22,24)/t11-,12-/m0/s1. The molecule has 12 heteroatoms. The van der Waals surface area contributed by atoms with Crippen LogP contribution < -0.4 is 34.4 Å². The fourth-order valence-electron chi connectivity index (χ4n) is 2.35. The third-order valence-corrected chi connectivity index (χ3v) is 3.81. The van der Waals surface area contributed by atoms with Gasteiger partial charge >= 0.3 is 0 Å². The van der Waals surface area contributed by atoms with Crippen LogP contribution in [0.25, 0.3) is 0 Å². The number of nitrogens with two attached hydrogens (primary N) is 6. The smallest absolute Gasteiger partial charge is 0.246 e. The van der Waals surface area contributed by atoms with Crippen molar-refractivity contribution in [3.8, 4) is 0 Å². The zero-order valence-corrected chi connectivity index (χ0v) is 16.1. The summed E-state index contributed by atoms with van der Waals surface area (Å²) in [5, 5.41) is 0. The van der Waals surface area contributed by atoms with Crippen LogP contribution in [0.3, 0.4) is 0 Å². The maximum absolute atomic E-state index is 12.6. The first-order valence-electron chi connectivity index (χ1n) is 9.11. The SMILES string of the molecule is NC(N)=NCCC[C@H](N)C(=O)N(CCCC=O)C(=O)[C@@H](N)CCCN=C(N)N. The molecule has 0 saturated carbocycles. The van der Waals surface area contributed by atoms with Gasteiger partial charge in [0.15, 0.2) is 11.9 Å². The molecule has 0 saturated heterocycles. The summed E-state index contributed by atoms with van der Waals surface area (Å²) in [4.78, 5) is 44.5. The van der Waals surface area contributed by atoms with Crippen LogP contribution in [-0.4, -0.2) is 66.6 Å². The van der Waals surface area contributed by atoms with Gasteiger partial charge in [-0.05, 0) is 32.1 Å². The zero-order valence-electron chi connectivity index (χ0n) is 16.1. The minimum Gasteiger partial charge on any atom is -0.370 e. The van der Waals surface area contributed by atoms with Gasteiger partial charge in [-0.1, -0.05) is 0 Å². The van der Waals surface area contributed by atoms with Crippen LogP contribution in [0, 0.1) is 0 Å². The van der Waals surface area contributed by atoms with Gasteiger partial charge < -0.3 is 39.2 Å². The number of carbonyl (C=O) groups excluding carboxylic acids is 3. The predicted octanol–water partition coefficient (Wildman–Crippen LogP) is -2.92. The van der Waals surface area contributed by atoms with Gasteiger partial charge in [0.05, 0.1) is 12.1 Å². The molecule has 0 rings (SSSR count). The van der Waals surface area contributed by atoms with E-state index < -0.39 is 23.9 Å². The molecule has 0 aliphatic carbocycles. The van der Waals surface area contributed by atoms with E-state index in [1.807, 2.05) is 0 Å². The summed E-state index contributed by atoms with van der Waals surface area (Å²) in [5.74, 6) is -1.17. The topological polar surface area (TPSA) is 235 Å². The van der Waals surface area contributed by atoms with E-state index in [0.717, 1.165) is 11.2 Å². The van der Waals surface area contributed by atoms with E-state index in [1.54, 1.807) is 0 Å². The lowest BCUT2D eigenvalue weighted by Gasteiger charge is -2.26. The molecule has 0 aromatic carbocycles. The summed E-state index contributed by atoms with van der Waals surface area (Å²) in [7, 11) is 0. The zero-order chi connectivity index (χ0) is 21.5. The number of guanidine groups is 2. The van der Waals surface area contributed by atoms with Crippen LogP contribution in [0.4, 0.5) is 0 Å². The van der Waals surface area contributed by atoms with Crippen molar-refractivity contribution in [2.24, 2.45) is 44.4 Å². The molecule has 0 aromatic rings. The Morgan fingerprint density at radius 1 is 0.821 bits per heavy atom. The van der Waals surface area contributed by atoms with E-state index in [0.29, 0.717) is 45.2 Å². The van der Waals surface area contributed by atoms with E-state index >= 15 is 0 Å². The fraction of sp³-hybridized carbons (Fsp3) is 0.688. The van der Waals surface area contributed by atoms with Crippen LogP contribution in [0.15, 0.2) is 9.98 Å². The molecule has 0 fully saturated rings. The van der Waals surface area contributed by atoms with Crippen LogP contribution in [0.1, 0.15) is 38.5 Å². The number of amides is 2. The Morgan fingerprint density at radius 2 is 1.25 bits per heavy atom. The molecule has 0 bridgehead atoms. The number of aliphatic imine (C=N–C) groups is 2. The molecule has 0 radical (unpaired) electrons. The summed E-state index contributed by atoms with van der Waals surface area (Å²) < 4.78 is 0. The summed E-state index contributed by atoms with van der Waals surface area (Å²) >= 11 is 0. The monoisotopic (exact) mass is 399 g/mol. The van der Waals surface area contributed by atoms with E-state index in [-0.39, 0.29) is 24.9 Å². The third-order valence-electron chi connectivity index (χ3n) is 3.81. The highest BCUT2D eigenvalue weighted by Gasteiger charge is 2.29. The highest BCUT2D eigenvalue weighted by Crippen LogP contribution is 2.08. The average molecular weight is 400 g/mol. The Kier molecular flexibility index (Phi) is 12.9. The third kappa shape index (κ3) is 11.1. The second-order valence-corrected chi connectivity index (χ2v) is 6.25. The van der Waals surface area contributed by atoms with Crippen molar-refractivity contribution in [3.05, 3.63) is 0 Å². The Morgan fingerprint density at radius 3 is 1.61 bits per heavy atom. The number of nitrogens with zero attached hydrogens (tertiary/aromatic N) is 3. The lowest BCUT2D eigenvalue weighted by Crippen LogP contribution is -2.52. The Hall–Kier alpha value is -2.73. The highest BCUT2D eigenvalue weighted by molar-refractivity contribution is 5.99. The average Bonchev–Trinajstić information content (AvgIpc) is 2.64. The first-order chi connectivity index (χ1) is 13.2. The van der Waals surface area contributed by atoms with Crippen molar-refractivity contribution in [1.82, 2.24) is 4.90 Å². The second kappa shape index (κ2) is 14.3. The molecule has 0 aliphatic rings. The summed E-state index contributed by atoms with van der Waals surface area (Å²) in [6, 6.07) is -1.80. The van der Waals surface area contributed by atoms with E-state index in [1.165, 1.54) is 0 Å². The molecular weight excluding hydrogens is 366 g/mol. The van der Waals surface area contributed by atoms with Crippen molar-refractivity contribution in [2.75, 3.05) is 19.6 Å². The largest absolute Gasteiger partial charge is 0.370 e. The summed E-state index contributed by atoms with van der Waals surface area (Å²) in [5.41, 5.74) is 32.8. The van der Waals surface area contributed by atoms with Gasteiger partial charge in [-0.15, -0.1) is 0 Å². The van der Waals surface area contributed by atoms with Gasteiger partial charge in [0.2, 0.25) is 11.8 Å². The van der Waals surface area contributed by atoms with Gasteiger partial charge in [-0.3, -0.25) is 24.5 Å². The number of aldehydes is 1.